The Balaban J connectivity index is 2.05. The third kappa shape index (κ3) is 6.04. The van der Waals surface area contributed by atoms with Crippen molar-refractivity contribution in [2.75, 3.05) is 13.7 Å². The van der Waals surface area contributed by atoms with E-state index in [4.69, 9.17) is 9.47 Å². The molecule has 2 aromatic carbocycles. The summed E-state index contributed by atoms with van der Waals surface area (Å²) in [6.07, 6.45) is 1.45. The van der Waals surface area contributed by atoms with E-state index in [0.29, 0.717) is 23.7 Å². The van der Waals surface area contributed by atoms with Crippen LogP contribution in [0.2, 0.25) is 0 Å². The van der Waals surface area contributed by atoms with Gasteiger partial charge in [-0.25, -0.2) is 9.82 Å². The number of rotatable bonds is 9. The standard InChI is InChI=1S/C22H26FN3O4/c1-5-30-18-11-10-15(12-19(18)29-4)13-24-26-22(28)20(14(2)3)25-21(27)16-8-6-7-9-17(16)23/h6-14,20H,5H2,1-4H3,(H,25,27)(H,26,28). The molecule has 0 spiro atoms. The number of benzene rings is 2. The summed E-state index contributed by atoms with van der Waals surface area (Å²) in [6.45, 7) is 5.93. The second-order valence-corrected chi connectivity index (χ2v) is 6.75. The van der Waals surface area contributed by atoms with Gasteiger partial charge in [-0.2, -0.15) is 5.10 Å². The van der Waals surface area contributed by atoms with Crippen molar-refractivity contribution < 1.29 is 23.5 Å². The molecule has 0 saturated carbocycles. The van der Waals surface area contributed by atoms with E-state index in [1.54, 1.807) is 38.1 Å². The van der Waals surface area contributed by atoms with E-state index >= 15 is 0 Å². The van der Waals surface area contributed by atoms with Gasteiger partial charge >= 0.3 is 0 Å². The fourth-order valence-electron chi connectivity index (χ4n) is 2.68. The Bertz CT molecular complexity index is 915. The van der Waals surface area contributed by atoms with Gasteiger partial charge < -0.3 is 14.8 Å². The maximum atomic E-state index is 13.8. The molecule has 0 radical (unpaired) electrons. The number of hydrogen-bond donors (Lipinski definition) is 2. The maximum Gasteiger partial charge on any atom is 0.262 e. The van der Waals surface area contributed by atoms with Gasteiger partial charge in [0.1, 0.15) is 11.9 Å². The molecule has 2 rings (SSSR count). The van der Waals surface area contributed by atoms with Gasteiger partial charge in [-0.1, -0.05) is 26.0 Å². The van der Waals surface area contributed by atoms with E-state index in [1.165, 1.54) is 31.5 Å². The van der Waals surface area contributed by atoms with Gasteiger partial charge in [-0.15, -0.1) is 0 Å². The number of hydrazone groups is 1. The summed E-state index contributed by atoms with van der Waals surface area (Å²) < 4.78 is 24.6. The number of nitrogens with zero attached hydrogens (tertiary/aromatic N) is 1. The minimum atomic E-state index is -0.885. The van der Waals surface area contributed by atoms with Crippen LogP contribution in [0.5, 0.6) is 11.5 Å². The summed E-state index contributed by atoms with van der Waals surface area (Å²) in [5.41, 5.74) is 2.97. The van der Waals surface area contributed by atoms with Crippen molar-refractivity contribution in [2.45, 2.75) is 26.8 Å². The first-order chi connectivity index (χ1) is 14.4. The van der Waals surface area contributed by atoms with Gasteiger partial charge in [0.2, 0.25) is 0 Å². The monoisotopic (exact) mass is 415 g/mol. The Morgan fingerprint density at radius 1 is 1.17 bits per heavy atom. The molecule has 1 atom stereocenters. The molecule has 2 N–H and O–H groups in total. The average Bonchev–Trinajstić information content (AvgIpc) is 2.72. The second kappa shape index (κ2) is 10.9. The predicted molar refractivity (Wildman–Crippen MR) is 112 cm³/mol. The average molecular weight is 415 g/mol. The van der Waals surface area contributed by atoms with E-state index < -0.39 is 23.7 Å². The summed E-state index contributed by atoms with van der Waals surface area (Å²) in [5, 5.41) is 6.51. The number of nitrogens with one attached hydrogen (secondary N) is 2. The van der Waals surface area contributed by atoms with Crippen LogP contribution in [0.25, 0.3) is 0 Å². The fraction of sp³-hybridized carbons (Fsp3) is 0.318. The van der Waals surface area contributed by atoms with Gasteiger partial charge in [0.15, 0.2) is 11.5 Å². The van der Waals surface area contributed by atoms with Gasteiger partial charge in [0.05, 0.1) is 25.5 Å². The third-order valence-corrected chi connectivity index (χ3v) is 4.23. The topological polar surface area (TPSA) is 89.0 Å². The summed E-state index contributed by atoms with van der Waals surface area (Å²) in [6, 6.07) is 9.94. The first kappa shape index (κ1) is 22.9. The predicted octanol–water partition coefficient (Wildman–Crippen LogP) is 3.14. The molecule has 0 bridgehead atoms. The number of carbonyl (C=O) groups is 2. The smallest absolute Gasteiger partial charge is 0.262 e. The molecule has 7 nitrogen and oxygen atoms in total. The van der Waals surface area contributed by atoms with Crippen molar-refractivity contribution in [2.24, 2.45) is 11.0 Å². The van der Waals surface area contributed by atoms with Crippen molar-refractivity contribution in [3.8, 4) is 11.5 Å². The van der Waals surface area contributed by atoms with Gasteiger partial charge in [-0.05, 0) is 48.7 Å². The van der Waals surface area contributed by atoms with Crippen molar-refractivity contribution in [3.63, 3.8) is 0 Å². The lowest BCUT2D eigenvalue weighted by atomic mass is 10.0. The fourth-order valence-corrected chi connectivity index (χ4v) is 2.68. The SMILES string of the molecule is CCOc1ccc(C=NNC(=O)C(NC(=O)c2ccccc2F)C(C)C)cc1OC. The molecule has 1 unspecified atom stereocenters. The molecule has 160 valence electrons. The first-order valence-corrected chi connectivity index (χ1v) is 9.56. The second-order valence-electron chi connectivity index (χ2n) is 6.75. The Morgan fingerprint density at radius 2 is 1.90 bits per heavy atom. The van der Waals surface area contributed by atoms with Crippen LogP contribution >= 0.6 is 0 Å². The highest BCUT2D eigenvalue weighted by atomic mass is 19.1. The van der Waals surface area contributed by atoms with Crippen LogP contribution in [-0.2, 0) is 4.79 Å². The Morgan fingerprint density at radius 3 is 2.53 bits per heavy atom. The van der Waals surface area contributed by atoms with E-state index in [-0.39, 0.29) is 11.5 Å². The Hall–Kier alpha value is -3.42. The Kier molecular flexibility index (Phi) is 8.34. The van der Waals surface area contributed by atoms with Gasteiger partial charge in [0, 0.05) is 0 Å². The summed E-state index contributed by atoms with van der Waals surface area (Å²) >= 11 is 0. The number of carbonyl (C=O) groups excluding carboxylic acids is 2. The zero-order valence-electron chi connectivity index (χ0n) is 17.4. The highest BCUT2D eigenvalue weighted by molar-refractivity contribution is 5.98. The number of amides is 2. The van der Waals surface area contributed by atoms with Gasteiger partial charge in [0.25, 0.3) is 11.8 Å². The van der Waals surface area contributed by atoms with E-state index in [1.807, 2.05) is 6.92 Å². The van der Waals surface area contributed by atoms with Crippen LogP contribution in [0, 0.1) is 11.7 Å². The lowest BCUT2D eigenvalue weighted by molar-refractivity contribution is -0.123. The molecule has 0 aliphatic heterocycles. The van der Waals surface area contributed by atoms with Crippen LogP contribution in [0.3, 0.4) is 0 Å². The van der Waals surface area contributed by atoms with Crippen molar-refractivity contribution in [1.82, 2.24) is 10.7 Å². The molecule has 0 heterocycles. The van der Waals surface area contributed by atoms with Crippen LogP contribution < -0.4 is 20.2 Å². The van der Waals surface area contributed by atoms with Crippen LogP contribution in [-0.4, -0.2) is 37.8 Å². The molecule has 0 aliphatic carbocycles. The van der Waals surface area contributed by atoms with Crippen LogP contribution in [0.4, 0.5) is 4.39 Å². The molecule has 0 saturated heterocycles. The lowest BCUT2D eigenvalue weighted by Crippen LogP contribution is -2.48. The van der Waals surface area contributed by atoms with Crippen LogP contribution in [0.15, 0.2) is 47.6 Å². The molecule has 30 heavy (non-hydrogen) atoms. The zero-order chi connectivity index (χ0) is 22.1. The molecule has 0 aromatic heterocycles. The summed E-state index contributed by atoms with van der Waals surface area (Å²) in [4.78, 5) is 24.9. The number of methoxy groups -OCH3 is 1. The summed E-state index contributed by atoms with van der Waals surface area (Å²) in [5.74, 6) is -0.908. The molecular weight excluding hydrogens is 389 g/mol. The van der Waals surface area contributed by atoms with Gasteiger partial charge in [-0.3, -0.25) is 9.59 Å². The zero-order valence-corrected chi connectivity index (χ0v) is 17.4. The van der Waals surface area contributed by atoms with Crippen molar-refractivity contribution in [1.29, 1.82) is 0 Å². The lowest BCUT2D eigenvalue weighted by Gasteiger charge is -2.20. The van der Waals surface area contributed by atoms with E-state index in [0.717, 1.165) is 0 Å². The molecule has 0 aliphatic rings. The molecule has 2 amide bonds. The quantitative estimate of drug-likeness (QED) is 0.486. The minimum Gasteiger partial charge on any atom is -0.493 e. The van der Waals surface area contributed by atoms with Crippen LogP contribution in [0.1, 0.15) is 36.7 Å². The first-order valence-electron chi connectivity index (χ1n) is 9.56. The maximum absolute atomic E-state index is 13.8. The normalized spacial score (nSPS) is 11.9. The minimum absolute atomic E-state index is 0.124. The number of halogens is 1. The summed E-state index contributed by atoms with van der Waals surface area (Å²) in [7, 11) is 1.53. The molecule has 2 aromatic rings. The largest absolute Gasteiger partial charge is 0.493 e. The highest BCUT2D eigenvalue weighted by Crippen LogP contribution is 2.27. The van der Waals surface area contributed by atoms with Crippen molar-refractivity contribution >= 4 is 18.0 Å². The molecular formula is C22H26FN3O4. The molecule has 8 heteroatoms. The number of ether oxygens (including phenoxy) is 2. The van der Waals surface area contributed by atoms with E-state index in [9.17, 15) is 14.0 Å². The highest BCUT2D eigenvalue weighted by Gasteiger charge is 2.25. The third-order valence-electron chi connectivity index (χ3n) is 4.23. The Labute approximate surface area is 175 Å². The van der Waals surface area contributed by atoms with E-state index in [2.05, 4.69) is 15.8 Å². The van der Waals surface area contributed by atoms with Crippen molar-refractivity contribution in [3.05, 3.63) is 59.4 Å². The molecule has 0 fully saturated rings. The number of hydrogen-bond acceptors (Lipinski definition) is 5.